The van der Waals surface area contributed by atoms with E-state index in [9.17, 15) is 4.79 Å². The molecule has 3 rings (SSSR count). The maximum Gasteiger partial charge on any atom is 0.341 e. The van der Waals surface area contributed by atoms with Gasteiger partial charge in [0.05, 0.1) is 5.69 Å². The van der Waals surface area contributed by atoms with Crippen molar-refractivity contribution in [2.24, 2.45) is 0 Å². The molecule has 6 heteroatoms. The molecule has 2 aromatic rings. The van der Waals surface area contributed by atoms with E-state index in [-0.39, 0.29) is 5.41 Å². The van der Waals surface area contributed by atoms with Gasteiger partial charge in [-0.2, -0.15) is 4.98 Å². The van der Waals surface area contributed by atoms with E-state index in [0.717, 1.165) is 30.8 Å². The van der Waals surface area contributed by atoms with E-state index in [1.807, 2.05) is 12.1 Å². The minimum absolute atomic E-state index is 0.200. The fourth-order valence-corrected chi connectivity index (χ4v) is 2.87. The number of carbonyl (C=O) groups is 1. The molecule has 0 saturated heterocycles. The summed E-state index contributed by atoms with van der Waals surface area (Å²) in [5, 5.41) is 8.87. The number of aryl methyl sites for hydroxylation is 1. The van der Waals surface area contributed by atoms with Gasteiger partial charge < -0.3 is 14.7 Å². The van der Waals surface area contributed by atoms with E-state index in [1.165, 1.54) is 5.56 Å². The van der Waals surface area contributed by atoms with E-state index >= 15 is 0 Å². The Morgan fingerprint density at radius 1 is 1.28 bits per heavy atom. The molecule has 1 N–H and O–H groups in total. The van der Waals surface area contributed by atoms with E-state index < -0.39 is 12.6 Å². The molecular weight excluding hydrogens is 318 g/mol. The molecule has 1 aromatic carbocycles. The Labute approximate surface area is 147 Å². The molecule has 0 saturated carbocycles. The number of para-hydroxylation sites is 1. The topological polar surface area (TPSA) is 75.6 Å². The van der Waals surface area contributed by atoms with Crippen LogP contribution in [0.3, 0.4) is 0 Å². The van der Waals surface area contributed by atoms with Crippen molar-refractivity contribution in [2.75, 3.05) is 18.1 Å². The Morgan fingerprint density at radius 3 is 2.76 bits per heavy atom. The summed E-state index contributed by atoms with van der Waals surface area (Å²) in [6.07, 6.45) is 2.06. The number of anilines is 2. The van der Waals surface area contributed by atoms with Crippen LogP contribution in [0.2, 0.25) is 0 Å². The lowest BCUT2D eigenvalue weighted by molar-refractivity contribution is -0.139. The molecule has 0 atom stereocenters. The summed E-state index contributed by atoms with van der Waals surface area (Å²) in [6.45, 7) is 6.58. The van der Waals surface area contributed by atoms with Gasteiger partial charge >= 0.3 is 5.97 Å². The molecule has 1 aliphatic rings. The minimum atomic E-state index is -1.03. The number of carboxylic acids is 1. The van der Waals surface area contributed by atoms with Gasteiger partial charge in [-0.3, -0.25) is 0 Å². The molecule has 0 amide bonds. The van der Waals surface area contributed by atoms with Crippen molar-refractivity contribution in [3.8, 4) is 5.88 Å². The molecule has 0 fully saturated rings. The van der Waals surface area contributed by atoms with E-state index in [1.54, 1.807) is 6.07 Å². The SMILES string of the molecule is CC(C)(C)c1cc(OCC(=O)O)nc(N2CCCc3ccccc32)n1. The van der Waals surface area contributed by atoms with Crippen molar-refractivity contribution in [3.63, 3.8) is 0 Å². The van der Waals surface area contributed by atoms with Crippen molar-refractivity contribution < 1.29 is 14.6 Å². The lowest BCUT2D eigenvalue weighted by Gasteiger charge is -2.30. The van der Waals surface area contributed by atoms with Gasteiger partial charge in [-0.25, -0.2) is 9.78 Å². The summed E-state index contributed by atoms with van der Waals surface area (Å²) in [6, 6.07) is 9.96. The number of nitrogens with zero attached hydrogens (tertiary/aromatic N) is 3. The standard InChI is InChI=1S/C19H23N3O3/c1-19(2,3)15-11-16(25-12-17(23)24)21-18(20-15)22-10-6-8-13-7-4-5-9-14(13)22/h4-5,7,9,11H,6,8,10,12H2,1-3H3,(H,23,24). The summed E-state index contributed by atoms with van der Waals surface area (Å²) in [4.78, 5) is 22.1. The Hall–Kier alpha value is -2.63. The van der Waals surface area contributed by atoms with Crippen LogP contribution in [0.25, 0.3) is 0 Å². The fraction of sp³-hybridized carbons (Fsp3) is 0.421. The van der Waals surface area contributed by atoms with Crippen molar-refractivity contribution in [1.82, 2.24) is 9.97 Å². The Morgan fingerprint density at radius 2 is 2.04 bits per heavy atom. The average Bonchev–Trinajstić information content (AvgIpc) is 2.58. The van der Waals surface area contributed by atoms with Crippen LogP contribution in [0.5, 0.6) is 5.88 Å². The summed E-state index contributed by atoms with van der Waals surface area (Å²) < 4.78 is 5.35. The molecule has 0 spiro atoms. The van der Waals surface area contributed by atoms with Crippen molar-refractivity contribution in [1.29, 1.82) is 0 Å². The lowest BCUT2D eigenvalue weighted by Crippen LogP contribution is -2.28. The molecule has 2 heterocycles. The molecule has 6 nitrogen and oxygen atoms in total. The van der Waals surface area contributed by atoms with E-state index in [2.05, 4.69) is 42.8 Å². The highest BCUT2D eigenvalue weighted by Gasteiger charge is 2.24. The molecule has 132 valence electrons. The predicted molar refractivity (Wildman–Crippen MR) is 95.6 cm³/mol. The molecule has 25 heavy (non-hydrogen) atoms. The second-order valence-electron chi connectivity index (χ2n) is 7.21. The third-order valence-corrected chi connectivity index (χ3v) is 4.15. The van der Waals surface area contributed by atoms with Crippen LogP contribution in [-0.2, 0) is 16.6 Å². The van der Waals surface area contributed by atoms with Gasteiger partial charge in [0.1, 0.15) is 0 Å². The number of benzene rings is 1. The van der Waals surface area contributed by atoms with Crippen LogP contribution >= 0.6 is 0 Å². The Bertz CT molecular complexity index is 784. The van der Waals surface area contributed by atoms with Crippen molar-refractivity contribution in [3.05, 3.63) is 41.6 Å². The number of aromatic nitrogens is 2. The van der Waals surface area contributed by atoms with Crippen LogP contribution in [0, 0.1) is 0 Å². The first-order valence-electron chi connectivity index (χ1n) is 8.44. The molecule has 0 unspecified atom stereocenters. The fourth-order valence-electron chi connectivity index (χ4n) is 2.87. The smallest absolute Gasteiger partial charge is 0.341 e. The molecule has 1 aliphatic heterocycles. The zero-order valence-corrected chi connectivity index (χ0v) is 14.8. The molecule has 0 radical (unpaired) electrons. The Balaban J connectivity index is 2.03. The van der Waals surface area contributed by atoms with Crippen LogP contribution in [0.4, 0.5) is 11.6 Å². The summed E-state index contributed by atoms with van der Waals surface area (Å²) in [5.41, 5.74) is 2.99. The third kappa shape index (κ3) is 3.90. The first-order chi connectivity index (χ1) is 11.8. The molecule has 1 aromatic heterocycles. The number of hydrogen-bond acceptors (Lipinski definition) is 5. The predicted octanol–water partition coefficient (Wildman–Crippen LogP) is 3.32. The second kappa shape index (κ2) is 6.70. The average molecular weight is 341 g/mol. The van der Waals surface area contributed by atoms with Gasteiger partial charge in [0.25, 0.3) is 0 Å². The lowest BCUT2D eigenvalue weighted by atomic mass is 9.92. The van der Waals surface area contributed by atoms with E-state index in [0.29, 0.717) is 11.8 Å². The number of hydrogen-bond donors (Lipinski definition) is 1. The maximum absolute atomic E-state index is 10.8. The van der Waals surface area contributed by atoms with Crippen LogP contribution < -0.4 is 9.64 Å². The van der Waals surface area contributed by atoms with Crippen molar-refractivity contribution >= 4 is 17.6 Å². The van der Waals surface area contributed by atoms with Gasteiger partial charge in [-0.15, -0.1) is 0 Å². The minimum Gasteiger partial charge on any atom is -0.479 e. The number of aliphatic carboxylic acids is 1. The number of ether oxygens (including phenoxy) is 1. The monoisotopic (exact) mass is 341 g/mol. The van der Waals surface area contributed by atoms with Gasteiger partial charge in [-0.05, 0) is 24.5 Å². The molecule has 0 bridgehead atoms. The van der Waals surface area contributed by atoms with Gasteiger partial charge in [-0.1, -0.05) is 39.0 Å². The highest BCUT2D eigenvalue weighted by Crippen LogP contribution is 2.33. The highest BCUT2D eigenvalue weighted by atomic mass is 16.5. The first kappa shape index (κ1) is 17.2. The second-order valence-corrected chi connectivity index (χ2v) is 7.21. The Kier molecular flexibility index (Phi) is 4.61. The largest absolute Gasteiger partial charge is 0.479 e. The van der Waals surface area contributed by atoms with Gasteiger partial charge in [0.15, 0.2) is 6.61 Å². The maximum atomic E-state index is 10.8. The van der Waals surface area contributed by atoms with Crippen LogP contribution in [0.15, 0.2) is 30.3 Å². The number of carboxylic acid groups (broad SMARTS) is 1. The number of fused-ring (bicyclic) bond motifs is 1. The van der Waals surface area contributed by atoms with Gasteiger partial charge in [0.2, 0.25) is 11.8 Å². The summed E-state index contributed by atoms with van der Waals surface area (Å²) in [7, 11) is 0. The van der Waals surface area contributed by atoms with Crippen LogP contribution in [0.1, 0.15) is 38.4 Å². The molecular formula is C19H23N3O3. The highest BCUT2D eigenvalue weighted by molar-refractivity contribution is 5.68. The van der Waals surface area contributed by atoms with Crippen LogP contribution in [-0.4, -0.2) is 34.2 Å². The quantitative estimate of drug-likeness (QED) is 0.919. The van der Waals surface area contributed by atoms with Gasteiger partial charge in [0, 0.05) is 23.7 Å². The summed E-state index contributed by atoms with van der Waals surface area (Å²) in [5.74, 6) is -0.180. The van der Waals surface area contributed by atoms with Crippen molar-refractivity contribution in [2.45, 2.75) is 39.0 Å². The third-order valence-electron chi connectivity index (χ3n) is 4.15. The molecule has 0 aliphatic carbocycles. The zero-order chi connectivity index (χ0) is 18.0. The number of rotatable bonds is 4. The normalized spacial score (nSPS) is 14.1. The zero-order valence-electron chi connectivity index (χ0n) is 14.8. The summed E-state index contributed by atoms with van der Waals surface area (Å²) >= 11 is 0. The first-order valence-corrected chi connectivity index (χ1v) is 8.44. The van der Waals surface area contributed by atoms with E-state index in [4.69, 9.17) is 14.8 Å².